The normalized spacial score (nSPS) is 32.8. The van der Waals surface area contributed by atoms with E-state index in [2.05, 4.69) is 26.1 Å². The Bertz CT molecular complexity index is 249. The average molecular weight is 255 g/mol. The van der Waals surface area contributed by atoms with Gasteiger partial charge in [-0.2, -0.15) is 0 Å². The summed E-state index contributed by atoms with van der Waals surface area (Å²) in [5.74, 6) is 0.713. The van der Waals surface area contributed by atoms with Crippen LogP contribution >= 0.6 is 0 Å². The van der Waals surface area contributed by atoms with Crippen molar-refractivity contribution in [3.05, 3.63) is 0 Å². The highest BCUT2D eigenvalue weighted by atomic mass is 16.5. The zero-order chi connectivity index (χ0) is 13.0. The van der Waals surface area contributed by atoms with E-state index in [0.717, 1.165) is 26.4 Å². The third-order valence-electron chi connectivity index (χ3n) is 4.60. The van der Waals surface area contributed by atoms with E-state index < -0.39 is 0 Å². The first-order valence-electron chi connectivity index (χ1n) is 7.56. The Morgan fingerprint density at radius 2 is 1.94 bits per heavy atom. The first-order valence-corrected chi connectivity index (χ1v) is 7.56. The summed E-state index contributed by atoms with van der Waals surface area (Å²) in [4.78, 5) is 0. The minimum absolute atomic E-state index is 0.371. The van der Waals surface area contributed by atoms with Crippen LogP contribution in [0.15, 0.2) is 0 Å². The molecule has 18 heavy (non-hydrogen) atoms. The lowest BCUT2D eigenvalue weighted by molar-refractivity contribution is -0.0226. The van der Waals surface area contributed by atoms with Gasteiger partial charge in [-0.3, -0.25) is 0 Å². The summed E-state index contributed by atoms with van der Waals surface area (Å²) < 4.78 is 11.6. The molecule has 0 aromatic carbocycles. The molecule has 0 radical (unpaired) electrons. The molecule has 1 heterocycles. The smallest absolute Gasteiger partial charge is 0.0733 e. The van der Waals surface area contributed by atoms with Crippen molar-refractivity contribution in [2.24, 2.45) is 11.3 Å². The molecule has 2 fully saturated rings. The van der Waals surface area contributed by atoms with Crippen LogP contribution in [-0.4, -0.2) is 38.5 Å². The van der Waals surface area contributed by atoms with Crippen LogP contribution in [0.4, 0.5) is 0 Å². The van der Waals surface area contributed by atoms with Crippen LogP contribution in [0, 0.1) is 11.3 Å². The molecule has 106 valence electrons. The van der Waals surface area contributed by atoms with Gasteiger partial charge in [0.1, 0.15) is 0 Å². The number of nitrogens with one attached hydrogen (secondary N) is 1. The molecule has 2 unspecified atom stereocenters. The maximum absolute atomic E-state index is 6.23. The predicted molar refractivity (Wildman–Crippen MR) is 73.8 cm³/mol. The van der Waals surface area contributed by atoms with E-state index in [1.54, 1.807) is 0 Å². The summed E-state index contributed by atoms with van der Waals surface area (Å²) >= 11 is 0. The Morgan fingerprint density at radius 1 is 1.22 bits per heavy atom. The Labute approximate surface area is 112 Å². The molecule has 0 aromatic rings. The van der Waals surface area contributed by atoms with E-state index in [1.165, 1.54) is 25.7 Å². The zero-order valence-corrected chi connectivity index (χ0v) is 12.2. The molecule has 1 saturated heterocycles. The molecule has 2 rings (SSSR count). The Morgan fingerprint density at radius 3 is 2.61 bits per heavy atom. The second-order valence-corrected chi connectivity index (χ2v) is 6.49. The minimum atomic E-state index is 0.371. The Hall–Kier alpha value is -0.120. The van der Waals surface area contributed by atoms with Crippen molar-refractivity contribution in [2.75, 3.05) is 26.4 Å². The van der Waals surface area contributed by atoms with Gasteiger partial charge in [0.2, 0.25) is 0 Å². The van der Waals surface area contributed by atoms with Gasteiger partial charge in [-0.15, -0.1) is 0 Å². The highest BCUT2D eigenvalue weighted by Crippen LogP contribution is 2.39. The standard InChI is InChI=1S/C15H29NO2/c1-4-16-14-13(5-8-15(14,2)3)18-11-12-6-9-17-10-7-12/h12-14,16H,4-11H2,1-3H3. The van der Waals surface area contributed by atoms with E-state index >= 15 is 0 Å². The average Bonchev–Trinajstić information content (AvgIpc) is 2.65. The number of ether oxygens (including phenoxy) is 2. The van der Waals surface area contributed by atoms with Gasteiger partial charge in [0, 0.05) is 19.3 Å². The fourth-order valence-electron chi connectivity index (χ4n) is 3.32. The SMILES string of the molecule is CCNC1C(OCC2CCOCC2)CCC1(C)C. The molecular weight excluding hydrogens is 226 g/mol. The van der Waals surface area contributed by atoms with Gasteiger partial charge in [0.15, 0.2) is 0 Å². The van der Waals surface area contributed by atoms with E-state index in [9.17, 15) is 0 Å². The highest BCUT2D eigenvalue weighted by molar-refractivity contribution is 4.97. The molecule has 0 amide bonds. The number of rotatable bonds is 5. The molecule has 2 aliphatic rings. The van der Waals surface area contributed by atoms with Gasteiger partial charge >= 0.3 is 0 Å². The zero-order valence-electron chi connectivity index (χ0n) is 12.2. The fraction of sp³-hybridized carbons (Fsp3) is 1.00. The van der Waals surface area contributed by atoms with Crippen LogP contribution in [0.2, 0.25) is 0 Å². The fourth-order valence-corrected chi connectivity index (χ4v) is 3.32. The monoisotopic (exact) mass is 255 g/mol. The summed E-state index contributed by atoms with van der Waals surface area (Å²) in [5.41, 5.74) is 0.371. The minimum Gasteiger partial charge on any atom is -0.381 e. The second kappa shape index (κ2) is 6.36. The van der Waals surface area contributed by atoms with Gasteiger partial charge in [0.25, 0.3) is 0 Å². The van der Waals surface area contributed by atoms with E-state index in [0.29, 0.717) is 23.5 Å². The summed E-state index contributed by atoms with van der Waals surface area (Å²) in [6.07, 6.45) is 5.21. The van der Waals surface area contributed by atoms with Gasteiger partial charge in [-0.25, -0.2) is 0 Å². The quantitative estimate of drug-likeness (QED) is 0.819. The van der Waals surface area contributed by atoms with E-state index in [1.807, 2.05) is 0 Å². The van der Waals surface area contributed by atoms with Gasteiger partial charge in [-0.1, -0.05) is 20.8 Å². The molecule has 1 N–H and O–H groups in total. The lowest BCUT2D eigenvalue weighted by Crippen LogP contribution is -2.45. The van der Waals surface area contributed by atoms with Gasteiger partial charge < -0.3 is 14.8 Å². The van der Waals surface area contributed by atoms with Crippen LogP contribution in [0.1, 0.15) is 46.5 Å². The van der Waals surface area contributed by atoms with Crippen LogP contribution < -0.4 is 5.32 Å². The molecule has 0 spiro atoms. The van der Waals surface area contributed by atoms with Crippen molar-refractivity contribution in [3.63, 3.8) is 0 Å². The third-order valence-corrected chi connectivity index (χ3v) is 4.60. The lowest BCUT2D eigenvalue weighted by Gasteiger charge is -2.32. The number of likely N-dealkylation sites (N-methyl/N-ethyl adjacent to an activating group) is 1. The van der Waals surface area contributed by atoms with Crippen molar-refractivity contribution in [1.82, 2.24) is 5.32 Å². The Kier molecular flexibility index (Phi) is 5.05. The summed E-state index contributed by atoms with van der Waals surface area (Å²) in [7, 11) is 0. The highest BCUT2D eigenvalue weighted by Gasteiger charge is 2.42. The molecule has 3 nitrogen and oxygen atoms in total. The largest absolute Gasteiger partial charge is 0.381 e. The molecule has 3 heteroatoms. The molecule has 1 aliphatic carbocycles. The van der Waals surface area contributed by atoms with Gasteiger partial charge in [-0.05, 0) is 43.6 Å². The molecule has 0 bridgehead atoms. The van der Waals surface area contributed by atoms with Gasteiger partial charge in [0.05, 0.1) is 12.7 Å². The van der Waals surface area contributed by atoms with Crippen LogP contribution in [0.5, 0.6) is 0 Å². The van der Waals surface area contributed by atoms with Crippen molar-refractivity contribution in [2.45, 2.75) is 58.6 Å². The van der Waals surface area contributed by atoms with Crippen LogP contribution in [0.3, 0.4) is 0 Å². The van der Waals surface area contributed by atoms with Crippen LogP contribution in [-0.2, 0) is 9.47 Å². The molecule has 1 aliphatic heterocycles. The van der Waals surface area contributed by atoms with Crippen molar-refractivity contribution < 1.29 is 9.47 Å². The summed E-state index contributed by atoms with van der Waals surface area (Å²) in [6, 6.07) is 0.516. The van der Waals surface area contributed by atoms with E-state index in [-0.39, 0.29) is 0 Å². The molecule has 1 saturated carbocycles. The summed E-state index contributed by atoms with van der Waals surface area (Å²) in [6.45, 7) is 10.7. The van der Waals surface area contributed by atoms with Crippen molar-refractivity contribution in [3.8, 4) is 0 Å². The Balaban J connectivity index is 1.80. The molecule has 2 atom stereocenters. The first-order chi connectivity index (χ1) is 8.63. The number of hydrogen-bond donors (Lipinski definition) is 1. The maximum Gasteiger partial charge on any atom is 0.0733 e. The summed E-state index contributed by atoms with van der Waals surface area (Å²) in [5, 5.41) is 3.62. The second-order valence-electron chi connectivity index (χ2n) is 6.49. The maximum atomic E-state index is 6.23. The number of hydrogen-bond acceptors (Lipinski definition) is 3. The van der Waals surface area contributed by atoms with E-state index in [4.69, 9.17) is 9.47 Å². The van der Waals surface area contributed by atoms with Crippen LogP contribution in [0.25, 0.3) is 0 Å². The molecule has 0 aromatic heterocycles. The van der Waals surface area contributed by atoms with Crippen molar-refractivity contribution >= 4 is 0 Å². The third kappa shape index (κ3) is 3.46. The molecular formula is C15H29NO2. The topological polar surface area (TPSA) is 30.5 Å². The lowest BCUT2D eigenvalue weighted by atomic mass is 9.87. The van der Waals surface area contributed by atoms with Crippen molar-refractivity contribution in [1.29, 1.82) is 0 Å². The first kappa shape index (κ1) is 14.3. The predicted octanol–water partition coefficient (Wildman–Crippen LogP) is 2.60.